The molecule has 0 aliphatic heterocycles. The van der Waals surface area contributed by atoms with Gasteiger partial charge >= 0.3 is 5.97 Å². The third kappa shape index (κ3) is 2.48. The summed E-state index contributed by atoms with van der Waals surface area (Å²) in [6.45, 7) is 1.67. The van der Waals surface area contributed by atoms with Crippen LogP contribution in [0.1, 0.15) is 12.5 Å². The van der Waals surface area contributed by atoms with Crippen molar-refractivity contribution in [1.82, 2.24) is 0 Å². The highest BCUT2D eigenvalue weighted by Gasteiger charge is 2.14. The van der Waals surface area contributed by atoms with Crippen molar-refractivity contribution >= 4 is 27.6 Å². The fourth-order valence-corrected chi connectivity index (χ4v) is 1.73. The summed E-state index contributed by atoms with van der Waals surface area (Å²) in [6, 6.07) is 5.46. The van der Waals surface area contributed by atoms with Crippen LogP contribution in [-0.4, -0.2) is 11.1 Å². The SMILES string of the molecule is CC(Cc1c(N)cccc1Br)C(=O)O. The Labute approximate surface area is 91.1 Å². The van der Waals surface area contributed by atoms with Gasteiger partial charge in [-0.15, -0.1) is 0 Å². The normalized spacial score (nSPS) is 12.4. The molecule has 0 aliphatic rings. The van der Waals surface area contributed by atoms with Gasteiger partial charge in [0, 0.05) is 10.2 Å². The van der Waals surface area contributed by atoms with Crippen LogP contribution in [0.3, 0.4) is 0 Å². The highest BCUT2D eigenvalue weighted by atomic mass is 79.9. The summed E-state index contributed by atoms with van der Waals surface area (Å²) in [7, 11) is 0. The molecule has 0 amide bonds. The van der Waals surface area contributed by atoms with Crippen molar-refractivity contribution < 1.29 is 9.90 Å². The number of nitrogens with two attached hydrogens (primary N) is 1. The van der Waals surface area contributed by atoms with Crippen molar-refractivity contribution in [3.05, 3.63) is 28.2 Å². The van der Waals surface area contributed by atoms with Crippen molar-refractivity contribution in [2.24, 2.45) is 5.92 Å². The summed E-state index contributed by atoms with van der Waals surface area (Å²) >= 11 is 3.35. The number of carboxylic acids is 1. The van der Waals surface area contributed by atoms with Gasteiger partial charge in [0.2, 0.25) is 0 Å². The zero-order valence-corrected chi connectivity index (χ0v) is 9.41. The van der Waals surface area contributed by atoms with Crippen LogP contribution in [0.2, 0.25) is 0 Å². The van der Waals surface area contributed by atoms with Crippen LogP contribution in [0.25, 0.3) is 0 Å². The lowest BCUT2D eigenvalue weighted by atomic mass is 10.00. The number of aliphatic carboxylic acids is 1. The van der Waals surface area contributed by atoms with Crippen molar-refractivity contribution in [1.29, 1.82) is 0 Å². The third-order valence-corrected chi connectivity index (χ3v) is 2.83. The van der Waals surface area contributed by atoms with Gasteiger partial charge in [0.05, 0.1) is 5.92 Å². The van der Waals surface area contributed by atoms with Crippen molar-refractivity contribution in [2.45, 2.75) is 13.3 Å². The molecule has 0 spiro atoms. The molecule has 1 aromatic carbocycles. The monoisotopic (exact) mass is 257 g/mol. The first-order chi connectivity index (χ1) is 6.52. The minimum atomic E-state index is -0.805. The molecule has 0 fully saturated rings. The Hall–Kier alpha value is -1.03. The molecule has 3 N–H and O–H groups in total. The largest absolute Gasteiger partial charge is 0.481 e. The molecule has 0 bridgehead atoms. The molecule has 0 aromatic heterocycles. The highest BCUT2D eigenvalue weighted by molar-refractivity contribution is 9.10. The van der Waals surface area contributed by atoms with E-state index in [4.69, 9.17) is 10.8 Å². The molecule has 1 aromatic rings. The van der Waals surface area contributed by atoms with Crippen LogP contribution in [0, 0.1) is 5.92 Å². The standard InChI is InChI=1S/C10H12BrNO2/c1-6(10(13)14)5-7-8(11)3-2-4-9(7)12/h2-4,6H,5,12H2,1H3,(H,13,14). The van der Waals surface area contributed by atoms with Gasteiger partial charge in [-0.05, 0) is 24.1 Å². The Balaban J connectivity index is 2.91. The smallest absolute Gasteiger partial charge is 0.306 e. The van der Waals surface area contributed by atoms with E-state index >= 15 is 0 Å². The number of carbonyl (C=O) groups is 1. The number of benzene rings is 1. The molecule has 1 unspecified atom stereocenters. The van der Waals surface area contributed by atoms with Crippen LogP contribution >= 0.6 is 15.9 Å². The molecule has 0 saturated carbocycles. The van der Waals surface area contributed by atoms with E-state index in [1.54, 1.807) is 13.0 Å². The van der Waals surface area contributed by atoms with Gasteiger partial charge in [-0.1, -0.05) is 28.9 Å². The van der Waals surface area contributed by atoms with Gasteiger partial charge in [-0.2, -0.15) is 0 Å². The summed E-state index contributed by atoms with van der Waals surface area (Å²) in [5.74, 6) is -1.23. The Morgan fingerprint density at radius 2 is 2.29 bits per heavy atom. The van der Waals surface area contributed by atoms with Crippen molar-refractivity contribution in [3.63, 3.8) is 0 Å². The lowest BCUT2D eigenvalue weighted by molar-refractivity contribution is -0.141. The highest BCUT2D eigenvalue weighted by Crippen LogP contribution is 2.25. The quantitative estimate of drug-likeness (QED) is 0.817. The van der Waals surface area contributed by atoms with Crippen LogP contribution < -0.4 is 5.73 Å². The lowest BCUT2D eigenvalue weighted by Gasteiger charge is -2.10. The molecule has 0 radical (unpaired) electrons. The Morgan fingerprint density at radius 3 is 2.79 bits per heavy atom. The molecule has 0 heterocycles. The summed E-state index contributed by atoms with van der Waals surface area (Å²) in [5.41, 5.74) is 7.24. The second-order valence-corrected chi connectivity index (χ2v) is 4.11. The number of nitrogen functional groups attached to an aromatic ring is 1. The summed E-state index contributed by atoms with van der Waals surface area (Å²) in [4.78, 5) is 10.7. The summed E-state index contributed by atoms with van der Waals surface area (Å²) in [6.07, 6.45) is 0.447. The maximum atomic E-state index is 10.7. The maximum absolute atomic E-state index is 10.7. The Morgan fingerprint density at radius 1 is 1.64 bits per heavy atom. The first kappa shape index (κ1) is 11.0. The summed E-state index contributed by atoms with van der Waals surface area (Å²) < 4.78 is 0.866. The van der Waals surface area contributed by atoms with E-state index < -0.39 is 11.9 Å². The van der Waals surface area contributed by atoms with Crippen LogP contribution in [0.5, 0.6) is 0 Å². The van der Waals surface area contributed by atoms with Gasteiger partial charge in [-0.25, -0.2) is 0 Å². The minimum Gasteiger partial charge on any atom is -0.481 e. The molecule has 4 heteroatoms. The van der Waals surface area contributed by atoms with Crippen LogP contribution in [0.4, 0.5) is 5.69 Å². The first-order valence-corrected chi connectivity index (χ1v) is 5.07. The zero-order chi connectivity index (χ0) is 10.7. The molecule has 1 rings (SSSR count). The number of rotatable bonds is 3. The van der Waals surface area contributed by atoms with Gasteiger partial charge in [0.15, 0.2) is 0 Å². The number of hydrogen-bond donors (Lipinski definition) is 2. The van der Waals surface area contributed by atoms with Gasteiger partial charge in [0.25, 0.3) is 0 Å². The number of halogens is 1. The third-order valence-electron chi connectivity index (χ3n) is 2.09. The minimum absolute atomic E-state index is 0.420. The van der Waals surface area contributed by atoms with E-state index in [1.807, 2.05) is 12.1 Å². The zero-order valence-electron chi connectivity index (χ0n) is 7.83. The van der Waals surface area contributed by atoms with E-state index in [9.17, 15) is 4.79 Å². The fourth-order valence-electron chi connectivity index (χ4n) is 1.18. The Kier molecular flexibility index (Phi) is 3.52. The molecular formula is C10H12BrNO2. The van der Waals surface area contributed by atoms with Crippen molar-refractivity contribution in [2.75, 3.05) is 5.73 Å². The fraction of sp³-hybridized carbons (Fsp3) is 0.300. The molecule has 3 nitrogen and oxygen atoms in total. The van der Waals surface area contributed by atoms with E-state index in [2.05, 4.69) is 15.9 Å². The second-order valence-electron chi connectivity index (χ2n) is 3.25. The number of anilines is 1. The van der Waals surface area contributed by atoms with Crippen molar-refractivity contribution in [3.8, 4) is 0 Å². The molecule has 0 aliphatic carbocycles. The van der Waals surface area contributed by atoms with E-state index in [0.29, 0.717) is 12.1 Å². The molecule has 0 saturated heterocycles. The van der Waals surface area contributed by atoms with E-state index in [1.165, 1.54) is 0 Å². The van der Waals surface area contributed by atoms with Crippen LogP contribution in [0.15, 0.2) is 22.7 Å². The Bertz CT molecular complexity index is 332. The molecule has 14 heavy (non-hydrogen) atoms. The van der Waals surface area contributed by atoms with E-state index in [0.717, 1.165) is 10.0 Å². The van der Waals surface area contributed by atoms with Gasteiger partial charge < -0.3 is 10.8 Å². The molecule has 76 valence electrons. The summed E-state index contributed by atoms with van der Waals surface area (Å²) in [5, 5.41) is 8.77. The average molecular weight is 258 g/mol. The average Bonchev–Trinajstić information content (AvgIpc) is 2.11. The van der Waals surface area contributed by atoms with Gasteiger partial charge in [0.1, 0.15) is 0 Å². The van der Waals surface area contributed by atoms with Crippen LogP contribution in [-0.2, 0) is 11.2 Å². The lowest BCUT2D eigenvalue weighted by Crippen LogP contribution is -2.13. The van der Waals surface area contributed by atoms with Gasteiger partial charge in [-0.3, -0.25) is 4.79 Å². The van der Waals surface area contributed by atoms with E-state index in [-0.39, 0.29) is 0 Å². The first-order valence-electron chi connectivity index (χ1n) is 4.28. The number of carboxylic acid groups (broad SMARTS) is 1. The number of hydrogen-bond acceptors (Lipinski definition) is 2. The molecular weight excluding hydrogens is 246 g/mol. The predicted molar refractivity (Wildman–Crippen MR) is 59.1 cm³/mol. The molecule has 1 atom stereocenters. The topological polar surface area (TPSA) is 63.3 Å². The second kappa shape index (κ2) is 4.46. The predicted octanol–water partition coefficient (Wildman–Crippen LogP) is 2.29. The maximum Gasteiger partial charge on any atom is 0.306 e.